The van der Waals surface area contributed by atoms with Gasteiger partial charge in [-0.25, -0.2) is 0 Å². The van der Waals surface area contributed by atoms with Gasteiger partial charge in [0.05, 0.1) is 11.4 Å². The first-order valence-corrected chi connectivity index (χ1v) is 7.67. The average molecular weight is 290 g/mol. The Kier molecular flexibility index (Phi) is 5.59. The zero-order chi connectivity index (χ0) is 15.2. The number of hydrogen-bond donors (Lipinski definition) is 2. The summed E-state index contributed by atoms with van der Waals surface area (Å²) in [5.74, 6) is 0.0277. The summed E-state index contributed by atoms with van der Waals surface area (Å²) in [6, 6.07) is 7.96. The first kappa shape index (κ1) is 15.8. The molecule has 5 nitrogen and oxygen atoms in total. The van der Waals surface area contributed by atoms with Crippen LogP contribution in [0.15, 0.2) is 24.3 Å². The second kappa shape index (κ2) is 7.43. The SMILES string of the molecule is CCC1CN(CCC(=O)Nc2ccccc2N)CCN1C. The number of likely N-dealkylation sites (N-methyl/N-ethyl adjacent to an activating group) is 1. The van der Waals surface area contributed by atoms with E-state index in [4.69, 9.17) is 5.73 Å². The third-order valence-corrected chi connectivity index (χ3v) is 4.22. The lowest BCUT2D eigenvalue weighted by Crippen LogP contribution is -2.51. The Bertz CT molecular complexity index is 477. The van der Waals surface area contributed by atoms with E-state index < -0.39 is 0 Å². The zero-order valence-corrected chi connectivity index (χ0v) is 13.0. The van der Waals surface area contributed by atoms with Crippen molar-refractivity contribution < 1.29 is 4.79 Å². The zero-order valence-electron chi connectivity index (χ0n) is 13.0. The second-order valence-corrected chi connectivity index (χ2v) is 5.73. The molecule has 2 rings (SSSR count). The molecule has 1 atom stereocenters. The minimum absolute atomic E-state index is 0.0277. The molecule has 116 valence electrons. The second-order valence-electron chi connectivity index (χ2n) is 5.73. The van der Waals surface area contributed by atoms with E-state index in [1.54, 1.807) is 6.07 Å². The summed E-state index contributed by atoms with van der Waals surface area (Å²) in [7, 11) is 2.18. The maximum absolute atomic E-state index is 12.0. The minimum atomic E-state index is 0.0277. The maximum atomic E-state index is 12.0. The number of piperazine rings is 1. The van der Waals surface area contributed by atoms with Crippen LogP contribution in [0.1, 0.15) is 19.8 Å². The van der Waals surface area contributed by atoms with Crippen LogP contribution in [0.3, 0.4) is 0 Å². The number of rotatable bonds is 5. The molecule has 1 heterocycles. The molecule has 3 N–H and O–H groups in total. The number of nitrogens with two attached hydrogens (primary N) is 1. The van der Waals surface area contributed by atoms with Gasteiger partial charge in [-0.2, -0.15) is 0 Å². The van der Waals surface area contributed by atoms with Crippen LogP contribution in [0.4, 0.5) is 11.4 Å². The van der Waals surface area contributed by atoms with Gasteiger partial charge in [0, 0.05) is 38.6 Å². The van der Waals surface area contributed by atoms with Gasteiger partial charge in [0.2, 0.25) is 5.91 Å². The van der Waals surface area contributed by atoms with Crippen molar-refractivity contribution in [3.8, 4) is 0 Å². The number of hydrogen-bond acceptors (Lipinski definition) is 4. The fraction of sp³-hybridized carbons (Fsp3) is 0.562. The van der Waals surface area contributed by atoms with Crippen molar-refractivity contribution in [1.29, 1.82) is 0 Å². The molecule has 1 saturated heterocycles. The standard InChI is InChI=1S/C16H26N4O/c1-3-13-12-20(11-10-19(13)2)9-8-16(21)18-15-7-5-4-6-14(15)17/h4-7,13H,3,8-12,17H2,1-2H3,(H,18,21). The lowest BCUT2D eigenvalue weighted by Gasteiger charge is -2.39. The first-order valence-electron chi connectivity index (χ1n) is 7.67. The number of anilines is 2. The van der Waals surface area contributed by atoms with Crippen molar-refractivity contribution in [2.24, 2.45) is 0 Å². The summed E-state index contributed by atoms with van der Waals surface area (Å²) >= 11 is 0. The van der Waals surface area contributed by atoms with Crippen LogP contribution in [-0.2, 0) is 4.79 Å². The summed E-state index contributed by atoms with van der Waals surface area (Å²) in [6.45, 7) is 6.19. The first-order chi connectivity index (χ1) is 10.1. The van der Waals surface area contributed by atoms with E-state index in [0.717, 1.165) is 32.6 Å². The van der Waals surface area contributed by atoms with E-state index in [1.807, 2.05) is 18.2 Å². The van der Waals surface area contributed by atoms with Crippen LogP contribution >= 0.6 is 0 Å². The molecule has 0 bridgehead atoms. The fourth-order valence-electron chi connectivity index (χ4n) is 2.74. The molecule has 1 aromatic rings. The third kappa shape index (κ3) is 4.44. The highest BCUT2D eigenvalue weighted by atomic mass is 16.1. The van der Waals surface area contributed by atoms with Crippen molar-refractivity contribution >= 4 is 17.3 Å². The van der Waals surface area contributed by atoms with Gasteiger partial charge in [0.25, 0.3) is 0 Å². The molecular weight excluding hydrogens is 264 g/mol. The van der Waals surface area contributed by atoms with Gasteiger partial charge in [-0.05, 0) is 25.6 Å². The Balaban J connectivity index is 1.78. The molecular formula is C16H26N4O. The Hall–Kier alpha value is -1.59. The summed E-state index contributed by atoms with van der Waals surface area (Å²) in [5, 5.41) is 2.88. The number of amides is 1. The Labute approximate surface area is 127 Å². The molecule has 21 heavy (non-hydrogen) atoms. The van der Waals surface area contributed by atoms with Crippen LogP contribution < -0.4 is 11.1 Å². The number of benzene rings is 1. The highest BCUT2D eigenvalue weighted by Gasteiger charge is 2.22. The molecule has 1 amide bonds. The van der Waals surface area contributed by atoms with E-state index >= 15 is 0 Å². The quantitative estimate of drug-likeness (QED) is 0.809. The highest BCUT2D eigenvalue weighted by Crippen LogP contribution is 2.17. The molecule has 1 fully saturated rings. The van der Waals surface area contributed by atoms with E-state index in [-0.39, 0.29) is 5.91 Å². The number of carbonyl (C=O) groups is 1. The molecule has 1 aliphatic rings. The Morgan fingerprint density at radius 1 is 1.38 bits per heavy atom. The minimum Gasteiger partial charge on any atom is -0.397 e. The third-order valence-electron chi connectivity index (χ3n) is 4.22. The molecule has 5 heteroatoms. The lowest BCUT2D eigenvalue weighted by atomic mass is 10.1. The summed E-state index contributed by atoms with van der Waals surface area (Å²) in [4.78, 5) is 16.8. The molecule has 1 aliphatic heterocycles. The van der Waals surface area contributed by atoms with Crippen molar-refractivity contribution in [3.05, 3.63) is 24.3 Å². The van der Waals surface area contributed by atoms with E-state index in [2.05, 4.69) is 29.1 Å². The van der Waals surface area contributed by atoms with Gasteiger partial charge in [-0.3, -0.25) is 9.69 Å². The summed E-state index contributed by atoms with van der Waals surface area (Å²) < 4.78 is 0. The number of para-hydroxylation sites is 2. The monoisotopic (exact) mass is 290 g/mol. The fourth-order valence-corrected chi connectivity index (χ4v) is 2.74. The topological polar surface area (TPSA) is 61.6 Å². The summed E-state index contributed by atoms with van der Waals surface area (Å²) in [6.07, 6.45) is 1.66. The lowest BCUT2D eigenvalue weighted by molar-refractivity contribution is -0.116. The van der Waals surface area contributed by atoms with Crippen molar-refractivity contribution in [2.75, 3.05) is 44.3 Å². The highest BCUT2D eigenvalue weighted by molar-refractivity contribution is 5.93. The average Bonchev–Trinajstić information content (AvgIpc) is 2.49. The van der Waals surface area contributed by atoms with E-state index in [9.17, 15) is 4.79 Å². The molecule has 0 aliphatic carbocycles. The van der Waals surface area contributed by atoms with E-state index in [1.165, 1.54) is 0 Å². The largest absolute Gasteiger partial charge is 0.397 e. The van der Waals surface area contributed by atoms with Crippen molar-refractivity contribution in [2.45, 2.75) is 25.8 Å². The normalized spacial score (nSPS) is 20.4. The van der Waals surface area contributed by atoms with Crippen LogP contribution in [0.5, 0.6) is 0 Å². The predicted octanol–water partition coefficient (Wildman–Crippen LogP) is 1.62. The van der Waals surface area contributed by atoms with Crippen molar-refractivity contribution in [3.63, 3.8) is 0 Å². The summed E-state index contributed by atoms with van der Waals surface area (Å²) in [5.41, 5.74) is 7.14. The van der Waals surface area contributed by atoms with Gasteiger partial charge >= 0.3 is 0 Å². The van der Waals surface area contributed by atoms with Crippen LogP contribution in [0.25, 0.3) is 0 Å². The Morgan fingerprint density at radius 2 is 2.14 bits per heavy atom. The molecule has 1 aromatic carbocycles. The smallest absolute Gasteiger partial charge is 0.225 e. The van der Waals surface area contributed by atoms with Crippen LogP contribution in [0.2, 0.25) is 0 Å². The predicted molar refractivity (Wildman–Crippen MR) is 87.3 cm³/mol. The number of nitrogens with one attached hydrogen (secondary N) is 1. The number of carbonyl (C=O) groups excluding carboxylic acids is 1. The van der Waals surface area contributed by atoms with Gasteiger partial charge in [0.1, 0.15) is 0 Å². The van der Waals surface area contributed by atoms with Crippen LogP contribution in [-0.4, -0.2) is 55.0 Å². The maximum Gasteiger partial charge on any atom is 0.225 e. The number of nitrogen functional groups attached to an aromatic ring is 1. The van der Waals surface area contributed by atoms with Gasteiger partial charge < -0.3 is 16.0 Å². The molecule has 0 saturated carbocycles. The molecule has 0 aromatic heterocycles. The Morgan fingerprint density at radius 3 is 2.86 bits per heavy atom. The number of nitrogens with zero attached hydrogens (tertiary/aromatic N) is 2. The molecule has 0 spiro atoms. The van der Waals surface area contributed by atoms with Crippen molar-refractivity contribution in [1.82, 2.24) is 9.80 Å². The van der Waals surface area contributed by atoms with Crippen LogP contribution in [0, 0.1) is 0 Å². The molecule has 1 unspecified atom stereocenters. The van der Waals surface area contributed by atoms with E-state index in [0.29, 0.717) is 23.8 Å². The van der Waals surface area contributed by atoms with Gasteiger partial charge in [0.15, 0.2) is 0 Å². The van der Waals surface area contributed by atoms with Gasteiger partial charge in [-0.15, -0.1) is 0 Å². The van der Waals surface area contributed by atoms with Gasteiger partial charge in [-0.1, -0.05) is 19.1 Å². The molecule has 0 radical (unpaired) electrons.